The molecule has 0 fully saturated rings. The fourth-order valence-electron chi connectivity index (χ4n) is 1.70. The first-order valence-corrected chi connectivity index (χ1v) is 7.43. The van der Waals surface area contributed by atoms with Gasteiger partial charge in [-0.2, -0.15) is 0 Å². The number of amides is 2. The second-order valence-corrected chi connectivity index (χ2v) is 5.47. The zero-order valence-corrected chi connectivity index (χ0v) is 13.3. The summed E-state index contributed by atoms with van der Waals surface area (Å²) in [6.45, 7) is 2.85. The third kappa shape index (κ3) is 5.47. The number of urea groups is 1. The SMILES string of the molecule is Cc1ccc(NC(=O)NCCOc2cccc(Br)c2)cc1. The molecule has 2 aromatic rings. The van der Waals surface area contributed by atoms with Crippen LogP contribution < -0.4 is 15.4 Å². The van der Waals surface area contributed by atoms with E-state index < -0.39 is 0 Å². The molecule has 2 N–H and O–H groups in total. The molecule has 4 nitrogen and oxygen atoms in total. The maximum Gasteiger partial charge on any atom is 0.319 e. The van der Waals surface area contributed by atoms with Crippen LogP contribution >= 0.6 is 15.9 Å². The van der Waals surface area contributed by atoms with E-state index in [4.69, 9.17) is 4.74 Å². The van der Waals surface area contributed by atoms with Crippen LogP contribution in [0.3, 0.4) is 0 Å². The van der Waals surface area contributed by atoms with Crippen LogP contribution in [0.4, 0.5) is 10.5 Å². The Morgan fingerprint density at radius 3 is 2.67 bits per heavy atom. The normalized spacial score (nSPS) is 10.0. The summed E-state index contributed by atoms with van der Waals surface area (Å²) in [7, 11) is 0. The average Bonchev–Trinajstić information content (AvgIpc) is 2.46. The van der Waals surface area contributed by atoms with Crippen LogP contribution in [0.25, 0.3) is 0 Å². The molecule has 2 aromatic carbocycles. The molecule has 0 unspecified atom stereocenters. The van der Waals surface area contributed by atoms with Crippen LogP contribution in [0.5, 0.6) is 5.75 Å². The predicted octanol–water partition coefficient (Wildman–Crippen LogP) is 3.96. The second kappa shape index (κ2) is 7.69. The minimum atomic E-state index is -0.239. The van der Waals surface area contributed by atoms with E-state index in [2.05, 4.69) is 26.6 Å². The zero-order valence-electron chi connectivity index (χ0n) is 11.7. The Bertz CT molecular complexity index is 599. The highest BCUT2D eigenvalue weighted by Gasteiger charge is 2.01. The van der Waals surface area contributed by atoms with E-state index in [1.807, 2.05) is 55.5 Å². The van der Waals surface area contributed by atoms with Gasteiger partial charge in [-0.25, -0.2) is 4.79 Å². The number of anilines is 1. The first kappa shape index (κ1) is 15.4. The topological polar surface area (TPSA) is 50.4 Å². The molecule has 2 amide bonds. The van der Waals surface area contributed by atoms with Crippen molar-refractivity contribution in [2.45, 2.75) is 6.92 Å². The number of halogens is 1. The number of hydrogen-bond donors (Lipinski definition) is 2. The molecule has 5 heteroatoms. The highest BCUT2D eigenvalue weighted by molar-refractivity contribution is 9.10. The summed E-state index contributed by atoms with van der Waals surface area (Å²) < 4.78 is 6.49. The molecule has 0 saturated heterocycles. The van der Waals surface area contributed by atoms with Crippen molar-refractivity contribution in [1.29, 1.82) is 0 Å². The Kier molecular flexibility index (Phi) is 5.63. The molecule has 0 aliphatic heterocycles. The summed E-state index contributed by atoms with van der Waals surface area (Å²) in [6, 6.07) is 15.0. The van der Waals surface area contributed by atoms with Gasteiger partial charge in [0.15, 0.2) is 0 Å². The van der Waals surface area contributed by atoms with Crippen molar-refractivity contribution in [1.82, 2.24) is 5.32 Å². The predicted molar refractivity (Wildman–Crippen MR) is 87.8 cm³/mol. The molecule has 0 heterocycles. The standard InChI is InChI=1S/C16H17BrN2O2/c1-12-5-7-14(8-6-12)19-16(20)18-9-10-21-15-4-2-3-13(17)11-15/h2-8,11H,9-10H2,1H3,(H2,18,19,20). The zero-order chi connectivity index (χ0) is 15.1. The van der Waals surface area contributed by atoms with Crippen molar-refractivity contribution in [3.8, 4) is 5.75 Å². The lowest BCUT2D eigenvalue weighted by atomic mass is 10.2. The third-order valence-corrected chi connectivity index (χ3v) is 3.26. The highest BCUT2D eigenvalue weighted by atomic mass is 79.9. The number of rotatable bonds is 5. The maximum absolute atomic E-state index is 11.7. The number of carbonyl (C=O) groups excluding carboxylic acids is 1. The Labute approximate surface area is 132 Å². The van der Waals surface area contributed by atoms with E-state index in [9.17, 15) is 4.79 Å². The van der Waals surface area contributed by atoms with Crippen molar-refractivity contribution < 1.29 is 9.53 Å². The number of aryl methyl sites for hydroxylation is 1. The van der Waals surface area contributed by atoms with E-state index in [1.165, 1.54) is 0 Å². The summed E-state index contributed by atoms with van der Waals surface area (Å²) >= 11 is 3.38. The van der Waals surface area contributed by atoms with E-state index in [0.29, 0.717) is 13.2 Å². The van der Waals surface area contributed by atoms with E-state index in [0.717, 1.165) is 21.5 Å². The number of nitrogens with one attached hydrogen (secondary N) is 2. The molecule has 0 aliphatic rings. The molecule has 0 spiro atoms. The Morgan fingerprint density at radius 1 is 1.19 bits per heavy atom. The van der Waals surface area contributed by atoms with Gasteiger partial charge in [-0.05, 0) is 37.3 Å². The van der Waals surface area contributed by atoms with Gasteiger partial charge in [-0.15, -0.1) is 0 Å². The molecule has 0 bridgehead atoms. The molecule has 0 saturated carbocycles. The lowest BCUT2D eigenvalue weighted by molar-refractivity contribution is 0.247. The van der Waals surface area contributed by atoms with Crippen molar-refractivity contribution in [3.63, 3.8) is 0 Å². The molecule has 0 aliphatic carbocycles. The third-order valence-electron chi connectivity index (χ3n) is 2.76. The fourth-order valence-corrected chi connectivity index (χ4v) is 2.08. The van der Waals surface area contributed by atoms with Crippen molar-refractivity contribution in [3.05, 3.63) is 58.6 Å². The number of carbonyl (C=O) groups is 1. The van der Waals surface area contributed by atoms with Gasteiger partial charge < -0.3 is 15.4 Å². The van der Waals surface area contributed by atoms with Crippen LogP contribution in [0, 0.1) is 6.92 Å². The largest absolute Gasteiger partial charge is 0.492 e. The van der Waals surface area contributed by atoms with Crippen molar-refractivity contribution in [2.75, 3.05) is 18.5 Å². The minimum Gasteiger partial charge on any atom is -0.492 e. The van der Waals surface area contributed by atoms with Crippen LogP contribution in [0.2, 0.25) is 0 Å². The smallest absolute Gasteiger partial charge is 0.319 e. The molecule has 110 valence electrons. The fraction of sp³-hybridized carbons (Fsp3) is 0.188. The summed E-state index contributed by atoms with van der Waals surface area (Å²) in [5.74, 6) is 0.769. The Hall–Kier alpha value is -2.01. The molecule has 2 rings (SSSR count). The van der Waals surface area contributed by atoms with Gasteiger partial charge in [0.1, 0.15) is 12.4 Å². The number of benzene rings is 2. The highest BCUT2D eigenvalue weighted by Crippen LogP contribution is 2.17. The monoisotopic (exact) mass is 348 g/mol. The van der Waals surface area contributed by atoms with Gasteiger partial charge in [0, 0.05) is 10.2 Å². The molecule has 0 aromatic heterocycles. The lowest BCUT2D eigenvalue weighted by Gasteiger charge is -2.09. The average molecular weight is 349 g/mol. The van der Waals surface area contributed by atoms with Crippen LogP contribution in [-0.2, 0) is 0 Å². The van der Waals surface area contributed by atoms with Crippen molar-refractivity contribution in [2.24, 2.45) is 0 Å². The summed E-state index contributed by atoms with van der Waals surface area (Å²) in [5.41, 5.74) is 1.93. The van der Waals surface area contributed by atoms with Crippen LogP contribution in [0.15, 0.2) is 53.0 Å². The molecule has 21 heavy (non-hydrogen) atoms. The Morgan fingerprint density at radius 2 is 1.95 bits per heavy atom. The van der Waals surface area contributed by atoms with Crippen molar-refractivity contribution >= 4 is 27.6 Å². The van der Waals surface area contributed by atoms with Gasteiger partial charge >= 0.3 is 6.03 Å². The quantitative estimate of drug-likeness (QED) is 0.803. The first-order valence-electron chi connectivity index (χ1n) is 6.63. The summed E-state index contributed by atoms with van der Waals surface area (Å²) in [4.78, 5) is 11.7. The van der Waals surface area contributed by atoms with Crippen LogP contribution in [-0.4, -0.2) is 19.2 Å². The van der Waals surface area contributed by atoms with E-state index >= 15 is 0 Å². The number of ether oxygens (including phenoxy) is 1. The molecule has 0 radical (unpaired) electrons. The molecule has 0 atom stereocenters. The Balaban J connectivity index is 1.68. The summed E-state index contributed by atoms with van der Waals surface area (Å²) in [5, 5.41) is 5.51. The van der Waals surface area contributed by atoms with Gasteiger partial charge in [-0.3, -0.25) is 0 Å². The lowest BCUT2D eigenvalue weighted by Crippen LogP contribution is -2.32. The van der Waals surface area contributed by atoms with Gasteiger partial charge in [0.05, 0.1) is 6.54 Å². The summed E-state index contributed by atoms with van der Waals surface area (Å²) in [6.07, 6.45) is 0. The molecular weight excluding hydrogens is 332 g/mol. The minimum absolute atomic E-state index is 0.239. The van der Waals surface area contributed by atoms with Gasteiger partial charge in [-0.1, -0.05) is 39.7 Å². The maximum atomic E-state index is 11.7. The second-order valence-electron chi connectivity index (χ2n) is 4.55. The van der Waals surface area contributed by atoms with Crippen LogP contribution in [0.1, 0.15) is 5.56 Å². The first-order chi connectivity index (χ1) is 10.1. The van der Waals surface area contributed by atoms with E-state index in [-0.39, 0.29) is 6.03 Å². The van der Waals surface area contributed by atoms with Gasteiger partial charge in [0.25, 0.3) is 0 Å². The number of hydrogen-bond acceptors (Lipinski definition) is 2. The van der Waals surface area contributed by atoms with E-state index in [1.54, 1.807) is 0 Å². The van der Waals surface area contributed by atoms with Gasteiger partial charge in [0.2, 0.25) is 0 Å². The molecular formula is C16H17BrN2O2.